The molecule has 2 N–H and O–H groups in total. The summed E-state index contributed by atoms with van der Waals surface area (Å²) in [5.41, 5.74) is 10.2. The molecule has 3 aromatic rings. The number of amides is 1. The number of para-hydroxylation sites is 1. The fraction of sp³-hybridized carbons (Fsp3) is 0.400. The third-order valence-corrected chi connectivity index (χ3v) is 6.18. The molecule has 1 aliphatic carbocycles. The largest absolute Gasteiger partial charge is 0.384 e. The zero-order valence-corrected chi connectivity index (χ0v) is 17.9. The molecule has 0 radical (unpaired) electrons. The summed E-state index contributed by atoms with van der Waals surface area (Å²) < 4.78 is 0. The highest BCUT2D eigenvalue weighted by Gasteiger charge is 2.26. The molecule has 1 saturated carbocycles. The van der Waals surface area contributed by atoms with Crippen molar-refractivity contribution in [3.05, 3.63) is 53.9 Å². The van der Waals surface area contributed by atoms with Crippen molar-refractivity contribution in [3.63, 3.8) is 0 Å². The van der Waals surface area contributed by atoms with Crippen molar-refractivity contribution in [2.45, 2.75) is 58.4 Å². The molecular weight excluding hydrogens is 372 g/mol. The van der Waals surface area contributed by atoms with E-state index in [2.05, 4.69) is 24.9 Å². The van der Waals surface area contributed by atoms with Crippen LogP contribution in [0.25, 0.3) is 22.0 Å². The van der Waals surface area contributed by atoms with Crippen molar-refractivity contribution in [1.29, 1.82) is 0 Å². The number of nitrogen functional groups attached to an aromatic ring is 1. The Kier molecular flexibility index (Phi) is 5.98. The number of hydrogen-bond acceptors (Lipinski definition) is 4. The number of nitrogens with zero attached hydrogens (tertiary/aromatic N) is 3. The van der Waals surface area contributed by atoms with E-state index in [0.717, 1.165) is 47.0 Å². The summed E-state index contributed by atoms with van der Waals surface area (Å²) in [6, 6.07) is 14.1. The van der Waals surface area contributed by atoms with Gasteiger partial charge in [-0.2, -0.15) is 0 Å². The lowest BCUT2D eigenvalue weighted by atomic mass is 9.94. The number of aromatic nitrogens is 2. The van der Waals surface area contributed by atoms with Gasteiger partial charge in [-0.05, 0) is 44.4 Å². The number of carbonyl (C=O) groups is 1. The fourth-order valence-corrected chi connectivity index (χ4v) is 4.62. The molecule has 0 unspecified atom stereocenters. The molecule has 1 aliphatic rings. The number of fused-ring (bicyclic) bond motifs is 1. The predicted molar refractivity (Wildman–Crippen MR) is 122 cm³/mol. The van der Waals surface area contributed by atoms with Crippen molar-refractivity contribution < 1.29 is 4.79 Å². The number of rotatable bonds is 5. The van der Waals surface area contributed by atoms with Gasteiger partial charge in [0.1, 0.15) is 11.5 Å². The SMILES string of the molecule is CCc1nc(N)ccc1-c1cccc2ccc(C(=O)N(CC)C3CCCCC3)nc12. The van der Waals surface area contributed by atoms with Gasteiger partial charge in [-0.25, -0.2) is 9.97 Å². The van der Waals surface area contributed by atoms with Crippen LogP contribution in [0.5, 0.6) is 0 Å². The van der Waals surface area contributed by atoms with Crippen LogP contribution in [0.15, 0.2) is 42.5 Å². The Hall–Kier alpha value is -2.95. The third kappa shape index (κ3) is 3.89. The molecule has 30 heavy (non-hydrogen) atoms. The summed E-state index contributed by atoms with van der Waals surface area (Å²) >= 11 is 0. The minimum absolute atomic E-state index is 0.0345. The molecule has 1 amide bonds. The fourth-order valence-electron chi connectivity index (χ4n) is 4.62. The van der Waals surface area contributed by atoms with Crippen LogP contribution in [0.1, 0.15) is 62.1 Å². The van der Waals surface area contributed by atoms with Crippen molar-refractivity contribution in [1.82, 2.24) is 14.9 Å². The van der Waals surface area contributed by atoms with Crippen LogP contribution in [-0.4, -0.2) is 33.4 Å². The molecule has 0 saturated heterocycles. The summed E-state index contributed by atoms with van der Waals surface area (Å²) in [7, 11) is 0. The van der Waals surface area contributed by atoms with E-state index >= 15 is 0 Å². The van der Waals surface area contributed by atoms with Crippen molar-refractivity contribution in [3.8, 4) is 11.1 Å². The Morgan fingerprint density at radius 2 is 1.80 bits per heavy atom. The molecule has 5 heteroatoms. The van der Waals surface area contributed by atoms with Crippen LogP contribution in [0.3, 0.4) is 0 Å². The van der Waals surface area contributed by atoms with E-state index < -0.39 is 0 Å². The molecule has 2 aromatic heterocycles. The van der Waals surface area contributed by atoms with Crippen LogP contribution in [0.4, 0.5) is 5.82 Å². The number of benzene rings is 1. The Balaban J connectivity index is 1.77. The summed E-state index contributed by atoms with van der Waals surface area (Å²) in [6.07, 6.45) is 6.64. The van der Waals surface area contributed by atoms with Gasteiger partial charge in [0.25, 0.3) is 5.91 Å². The second kappa shape index (κ2) is 8.82. The van der Waals surface area contributed by atoms with E-state index in [0.29, 0.717) is 24.1 Å². The number of nitrogens with two attached hydrogens (primary N) is 1. The van der Waals surface area contributed by atoms with Gasteiger partial charge in [0.2, 0.25) is 0 Å². The van der Waals surface area contributed by atoms with Crippen molar-refractivity contribution in [2.24, 2.45) is 0 Å². The number of anilines is 1. The minimum Gasteiger partial charge on any atom is -0.384 e. The highest BCUT2D eigenvalue weighted by atomic mass is 16.2. The summed E-state index contributed by atoms with van der Waals surface area (Å²) in [4.78, 5) is 24.8. The maximum Gasteiger partial charge on any atom is 0.272 e. The lowest BCUT2D eigenvalue weighted by Crippen LogP contribution is -2.41. The van der Waals surface area contributed by atoms with E-state index in [9.17, 15) is 4.79 Å². The molecular formula is C25H30N4O. The van der Waals surface area contributed by atoms with E-state index in [1.165, 1.54) is 19.3 Å². The van der Waals surface area contributed by atoms with Gasteiger partial charge >= 0.3 is 0 Å². The summed E-state index contributed by atoms with van der Waals surface area (Å²) in [5.74, 6) is 0.554. The predicted octanol–water partition coefficient (Wildman–Crippen LogP) is 5.24. The lowest BCUT2D eigenvalue weighted by molar-refractivity contribution is 0.0642. The first-order valence-electron chi connectivity index (χ1n) is 11.1. The Bertz CT molecular complexity index is 1060. The smallest absolute Gasteiger partial charge is 0.272 e. The molecule has 0 bridgehead atoms. The quantitative estimate of drug-likeness (QED) is 0.634. The first kappa shape index (κ1) is 20.3. The van der Waals surface area contributed by atoms with Gasteiger partial charge < -0.3 is 10.6 Å². The van der Waals surface area contributed by atoms with Crippen LogP contribution in [0, 0.1) is 0 Å². The number of carbonyl (C=O) groups excluding carboxylic acids is 1. The van der Waals surface area contributed by atoms with Gasteiger partial charge in [-0.1, -0.05) is 50.5 Å². The van der Waals surface area contributed by atoms with E-state index in [1.54, 1.807) is 0 Å². The molecule has 4 rings (SSSR count). The molecule has 0 aliphatic heterocycles. The van der Waals surface area contributed by atoms with Crippen molar-refractivity contribution in [2.75, 3.05) is 12.3 Å². The van der Waals surface area contributed by atoms with E-state index in [4.69, 9.17) is 10.7 Å². The van der Waals surface area contributed by atoms with Crippen LogP contribution >= 0.6 is 0 Å². The minimum atomic E-state index is 0.0345. The maximum atomic E-state index is 13.4. The van der Waals surface area contributed by atoms with Crippen LogP contribution in [-0.2, 0) is 6.42 Å². The van der Waals surface area contributed by atoms with Gasteiger partial charge in [0.15, 0.2) is 0 Å². The average Bonchev–Trinajstić information content (AvgIpc) is 2.79. The van der Waals surface area contributed by atoms with Gasteiger partial charge in [-0.3, -0.25) is 4.79 Å². The van der Waals surface area contributed by atoms with Gasteiger partial charge in [0, 0.05) is 29.1 Å². The second-order valence-corrected chi connectivity index (χ2v) is 8.04. The van der Waals surface area contributed by atoms with Gasteiger partial charge in [-0.15, -0.1) is 0 Å². The van der Waals surface area contributed by atoms with Crippen LogP contribution in [0.2, 0.25) is 0 Å². The first-order chi connectivity index (χ1) is 14.6. The van der Waals surface area contributed by atoms with E-state index in [1.807, 2.05) is 41.3 Å². The molecule has 0 spiro atoms. The highest BCUT2D eigenvalue weighted by Crippen LogP contribution is 2.31. The Labute approximate surface area is 178 Å². The second-order valence-electron chi connectivity index (χ2n) is 8.04. The summed E-state index contributed by atoms with van der Waals surface area (Å²) in [6.45, 7) is 4.85. The Morgan fingerprint density at radius 1 is 1.00 bits per heavy atom. The molecule has 2 heterocycles. The van der Waals surface area contributed by atoms with E-state index in [-0.39, 0.29) is 5.91 Å². The monoisotopic (exact) mass is 402 g/mol. The number of hydrogen-bond donors (Lipinski definition) is 1. The third-order valence-electron chi connectivity index (χ3n) is 6.18. The zero-order chi connectivity index (χ0) is 21.1. The van der Waals surface area contributed by atoms with Crippen molar-refractivity contribution >= 4 is 22.6 Å². The number of aryl methyl sites for hydroxylation is 1. The molecule has 156 valence electrons. The summed E-state index contributed by atoms with van der Waals surface area (Å²) in [5, 5.41) is 1.02. The van der Waals surface area contributed by atoms with Gasteiger partial charge in [0.05, 0.1) is 11.2 Å². The topological polar surface area (TPSA) is 72.1 Å². The molecule has 5 nitrogen and oxygen atoms in total. The standard InChI is InChI=1S/C25H30N4O/c1-3-21-19(14-16-23(26)27-21)20-12-8-9-17-13-15-22(28-24(17)20)25(30)29(4-2)18-10-6-5-7-11-18/h8-9,12-16,18H,3-7,10-11H2,1-2H3,(H2,26,27). The molecule has 0 atom stereocenters. The maximum absolute atomic E-state index is 13.4. The normalized spacial score (nSPS) is 14.7. The Morgan fingerprint density at radius 3 is 2.53 bits per heavy atom. The zero-order valence-electron chi connectivity index (χ0n) is 17.9. The number of pyridine rings is 2. The lowest BCUT2D eigenvalue weighted by Gasteiger charge is -2.33. The first-order valence-corrected chi connectivity index (χ1v) is 11.1. The molecule has 1 aromatic carbocycles. The average molecular weight is 403 g/mol. The molecule has 1 fully saturated rings. The van der Waals surface area contributed by atoms with Crippen LogP contribution < -0.4 is 5.73 Å². The highest BCUT2D eigenvalue weighted by molar-refractivity contribution is 5.99.